The molecule has 0 saturated carbocycles. The van der Waals surface area contributed by atoms with Gasteiger partial charge in [-0.15, -0.1) is 0 Å². The molecule has 0 radical (unpaired) electrons. The van der Waals surface area contributed by atoms with E-state index in [2.05, 4.69) is 31.0 Å². The van der Waals surface area contributed by atoms with Crippen LogP contribution in [0.1, 0.15) is 38.3 Å². The number of aryl methyl sites for hydroxylation is 4. The maximum atomic E-state index is 13.6. The minimum Gasteiger partial charge on any atom is -0.278 e. The van der Waals surface area contributed by atoms with Gasteiger partial charge < -0.3 is 0 Å². The zero-order valence-corrected chi connectivity index (χ0v) is 17.9. The number of aromatic nitrogens is 2. The summed E-state index contributed by atoms with van der Waals surface area (Å²) in [5.74, 6) is -0.0507. The summed E-state index contributed by atoms with van der Waals surface area (Å²) in [7, 11) is 0. The fourth-order valence-electron chi connectivity index (χ4n) is 3.32. The Labute approximate surface area is 174 Å². The van der Waals surface area contributed by atoms with Crippen LogP contribution in [0.2, 0.25) is 0 Å². The number of nitrogens with zero attached hydrogens (tertiary/aromatic N) is 3. The Kier molecular flexibility index (Phi) is 5.16. The summed E-state index contributed by atoms with van der Waals surface area (Å²) >= 11 is 1.55. The van der Waals surface area contributed by atoms with Crippen LogP contribution in [0.3, 0.4) is 0 Å². The van der Waals surface area contributed by atoms with Gasteiger partial charge in [-0.2, -0.15) is 0 Å². The van der Waals surface area contributed by atoms with Crippen molar-refractivity contribution in [3.63, 3.8) is 0 Å². The predicted molar refractivity (Wildman–Crippen MR) is 120 cm³/mol. The number of pyridine rings is 1. The molecule has 5 heteroatoms. The van der Waals surface area contributed by atoms with Crippen molar-refractivity contribution in [3.05, 3.63) is 88.2 Å². The number of hydrogen-bond donors (Lipinski definition) is 0. The molecule has 4 nitrogen and oxygen atoms in total. The molecule has 0 saturated heterocycles. The largest absolute Gasteiger partial charge is 0.278 e. The second-order valence-electron chi connectivity index (χ2n) is 7.38. The highest BCUT2D eigenvalue weighted by Crippen LogP contribution is 2.33. The van der Waals surface area contributed by atoms with Gasteiger partial charge in [-0.05, 0) is 68.7 Å². The Balaban J connectivity index is 1.83. The summed E-state index contributed by atoms with van der Waals surface area (Å²) in [6.07, 6.45) is 1.75. The summed E-state index contributed by atoms with van der Waals surface area (Å²) in [5, 5.41) is 0.699. The van der Waals surface area contributed by atoms with E-state index >= 15 is 0 Å². The lowest BCUT2D eigenvalue weighted by Crippen LogP contribution is -2.31. The second-order valence-corrected chi connectivity index (χ2v) is 8.39. The van der Waals surface area contributed by atoms with E-state index in [0.29, 0.717) is 17.2 Å². The van der Waals surface area contributed by atoms with Gasteiger partial charge in [-0.3, -0.25) is 14.7 Å². The number of carbonyl (C=O) groups is 1. The average Bonchev–Trinajstić information content (AvgIpc) is 3.16. The molecule has 0 spiro atoms. The molecular formula is C24H23N3OS. The van der Waals surface area contributed by atoms with Crippen molar-refractivity contribution >= 4 is 32.6 Å². The standard InChI is InChI=1S/C24H23N3OS/c1-15-8-9-17(3)20(13-15)23(28)27(14-19-7-5-6-12-25-19)24-26-22-18(4)16(2)10-11-21(22)29-24/h5-13H,14H2,1-4H3. The first-order chi connectivity index (χ1) is 13.9. The van der Waals surface area contributed by atoms with Crippen LogP contribution in [-0.2, 0) is 6.54 Å². The lowest BCUT2D eigenvalue weighted by Gasteiger charge is -2.21. The normalized spacial score (nSPS) is 11.0. The van der Waals surface area contributed by atoms with Crippen molar-refractivity contribution in [2.24, 2.45) is 0 Å². The van der Waals surface area contributed by atoms with E-state index in [4.69, 9.17) is 4.98 Å². The highest BCUT2D eigenvalue weighted by Gasteiger charge is 2.24. The van der Waals surface area contributed by atoms with E-state index in [1.807, 2.05) is 50.2 Å². The Morgan fingerprint density at radius 1 is 1.00 bits per heavy atom. The van der Waals surface area contributed by atoms with E-state index in [-0.39, 0.29) is 5.91 Å². The first kappa shape index (κ1) is 19.3. The molecule has 29 heavy (non-hydrogen) atoms. The highest BCUT2D eigenvalue weighted by molar-refractivity contribution is 7.22. The highest BCUT2D eigenvalue weighted by atomic mass is 32.1. The maximum absolute atomic E-state index is 13.6. The van der Waals surface area contributed by atoms with Crippen LogP contribution in [0.15, 0.2) is 54.7 Å². The average molecular weight is 402 g/mol. The van der Waals surface area contributed by atoms with Crippen LogP contribution in [0.5, 0.6) is 0 Å². The molecule has 146 valence electrons. The number of amides is 1. The van der Waals surface area contributed by atoms with Crippen molar-refractivity contribution in [3.8, 4) is 0 Å². The fourth-order valence-corrected chi connectivity index (χ4v) is 4.34. The molecule has 0 atom stereocenters. The first-order valence-electron chi connectivity index (χ1n) is 9.60. The second kappa shape index (κ2) is 7.76. The molecule has 4 rings (SSSR count). The van der Waals surface area contributed by atoms with Crippen LogP contribution >= 0.6 is 11.3 Å². The van der Waals surface area contributed by atoms with Gasteiger partial charge in [0, 0.05) is 11.8 Å². The van der Waals surface area contributed by atoms with Gasteiger partial charge in [0.2, 0.25) is 0 Å². The fraction of sp³-hybridized carbons (Fsp3) is 0.208. The lowest BCUT2D eigenvalue weighted by molar-refractivity contribution is 0.0984. The van der Waals surface area contributed by atoms with Crippen molar-refractivity contribution in [2.75, 3.05) is 4.90 Å². The monoisotopic (exact) mass is 401 g/mol. The number of hydrogen-bond acceptors (Lipinski definition) is 4. The molecule has 0 aliphatic carbocycles. The van der Waals surface area contributed by atoms with E-state index in [0.717, 1.165) is 32.6 Å². The molecular weight excluding hydrogens is 378 g/mol. The van der Waals surface area contributed by atoms with E-state index < -0.39 is 0 Å². The van der Waals surface area contributed by atoms with Crippen LogP contribution in [-0.4, -0.2) is 15.9 Å². The van der Waals surface area contributed by atoms with Crippen LogP contribution in [0, 0.1) is 27.7 Å². The number of fused-ring (bicyclic) bond motifs is 1. The van der Waals surface area contributed by atoms with E-state index in [1.54, 1.807) is 22.4 Å². The Bertz CT molecular complexity index is 1200. The summed E-state index contributed by atoms with van der Waals surface area (Å²) in [6, 6.07) is 15.9. The zero-order valence-electron chi connectivity index (χ0n) is 17.1. The maximum Gasteiger partial charge on any atom is 0.260 e. The molecule has 0 bridgehead atoms. The molecule has 0 fully saturated rings. The van der Waals surface area contributed by atoms with Gasteiger partial charge in [0.1, 0.15) is 0 Å². The summed E-state index contributed by atoms with van der Waals surface area (Å²) in [4.78, 5) is 24.7. The summed E-state index contributed by atoms with van der Waals surface area (Å²) in [6.45, 7) is 8.52. The molecule has 0 aliphatic rings. The van der Waals surface area contributed by atoms with Crippen molar-refractivity contribution in [2.45, 2.75) is 34.2 Å². The third-order valence-electron chi connectivity index (χ3n) is 5.22. The molecule has 2 aromatic heterocycles. The molecule has 0 unspecified atom stereocenters. The minimum absolute atomic E-state index is 0.0507. The molecule has 0 N–H and O–H groups in total. The number of carbonyl (C=O) groups excluding carboxylic acids is 1. The van der Waals surface area contributed by atoms with Gasteiger partial charge in [0.25, 0.3) is 5.91 Å². The molecule has 4 aromatic rings. The Hall–Kier alpha value is -3.05. The van der Waals surface area contributed by atoms with Crippen molar-refractivity contribution < 1.29 is 4.79 Å². The topological polar surface area (TPSA) is 46.1 Å². The third kappa shape index (κ3) is 3.78. The Morgan fingerprint density at radius 3 is 2.55 bits per heavy atom. The van der Waals surface area contributed by atoms with Crippen molar-refractivity contribution in [1.82, 2.24) is 9.97 Å². The smallest absolute Gasteiger partial charge is 0.260 e. The quantitative estimate of drug-likeness (QED) is 0.436. The van der Waals surface area contributed by atoms with Crippen LogP contribution in [0.25, 0.3) is 10.2 Å². The first-order valence-corrected chi connectivity index (χ1v) is 10.4. The number of anilines is 1. The van der Waals surface area contributed by atoms with E-state index in [1.165, 1.54) is 5.56 Å². The van der Waals surface area contributed by atoms with Gasteiger partial charge in [-0.25, -0.2) is 4.98 Å². The zero-order chi connectivity index (χ0) is 20.5. The number of rotatable bonds is 4. The molecule has 2 heterocycles. The number of thiazole rings is 1. The molecule has 1 amide bonds. The lowest BCUT2D eigenvalue weighted by atomic mass is 10.0. The van der Waals surface area contributed by atoms with Crippen LogP contribution in [0.4, 0.5) is 5.13 Å². The van der Waals surface area contributed by atoms with Gasteiger partial charge in [0.15, 0.2) is 5.13 Å². The van der Waals surface area contributed by atoms with Crippen LogP contribution < -0.4 is 4.90 Å². The predicted octanol–water partition coefficient (Wildman–Crippen LogP) is 5.77. The molecule has 2 aromatic carbocycles. The van der Waals surface area contributed by atoms with Gasteiger partial charge >= 0.3 is 0 Å². The van der Waals surface area contributed by atoms with Gasteiger partial charge in [-0.1, -0.05) is 41.2 Å². The van der Waals surface area contributed by atoms with E-state index in [9.17, 15) is 4.79 Å². The minimum atomic E-state index is -0.0507. The third-order valence-corrected chi connectivity index (χ3v) is 6.26. The van der Waals surface area contributed by atoms with Gasteiger partial charge in [0.05, 0.1) is 22.5 Å². The number of benzene rings is 2. The summed E-state index contributed by atoms with van der Waals surface area (Å²) < 4.78 is 1.09. The Morgan fingerprint density at radius 2 is 1.79 bits per heavy atom. The molecule has 0 aliphatic heterocycles. The van der Waals surface area contributed by atoms with Crippen molar-refractivity contribution in [1.29, 1.82) is 0 Å². The summed E-state index contributed by atoms with van der Waals surface area (Å²) in [5.41, 5.74) is 6.87. The SMILES string of the molecule is Cc1ccc(C)c(C(=O)N(Cc2ccccn2)c2nc3c(C)c(C)ccc3s2)c1.